The van der Waals surface area contributed by atoms with E-state index in [1.165, 1.54) is 12.1 Å². The first-order chi connectivity index (χ1) is 7.29. The molecule has 0 aliphatic heterocycles. The van der Waals surface area contributed by atoms with Crippen LogP contribution in [0.25, 0.3) is 11.4 Å². The first kappa shape index (κ1) is 9.27. The summed E-state index contributed by atoms with van der Waals surface area (Å²) in [4.78, 5) is 1.15. The van der Waals surface area contributed by atoms with Crippen LogP contribution >= 0.6 is 0 Å². The summed E-state index contributed by atoms with van der Waals surface area (Å²) >= 11 is 0. The van der Waals surface area contributed by atoms with Crippen molar-refractivity contribution in [3.8, 4) is 17.5 Å². The highest BCUT2D eigenvalue weighted by Crippen LogP contribution is 2.13. The van der Waals surface area contributed by atoms with Crippen molar-refractivity contribution in [2.45, 2.75) is 6.54 Å². The van der Waals surface area contributed by atoms with E-state index in [1.54, 1.807) is 12.1 Å². The van der Waals surface area contributed by atoms with Crippen molar-refractivity contribution in [3.05, 3.63) is 30.1 Å². The Hall–Kier alpha value is -2.29. The van der Waals surface area contributed by atoms with Crippen molar-refractivity contribution in [2.75, 3.05) is 0 Å². The third kappa shape index (κ3) is 1.96. The monoisotopic (exact) mass is 203 g/mol. The summed E-state index contributed by atoms with van der Waals surface area (Å²) in [5.41, 5.74) is 0.541. The zero-order valence-electron chi connectivity index (χ0n) is 7.63. The molecule has 0 aliphatic carbocycles. The number of aromatic nitrogens is 4. The molecule has 74 valence electrons. The van der Waals surface area contributed by atoms with Gasteiger partial charge in [-0.3, -0.25) is 0 Å². The van der Waals surface area contributed by atoms with Gasteiger partial charge in [-0.1, -0.05) is 12.1 Å². The van der Waals surface area contributed by atoms with Gasteiger partial charge in [0.25, 0.3) is 0 Å². The van der Waals surface area contributed by atoms with E-state index in [1.807, 2.05) is 6.07 Å². The third-order valence-corrected chi connectivity index (χ3v) is 1.75. The maximum absolute atomic E-state index is 12.9. The molecule has 0 atom stereocenters. The predicted octanol–water partition coefficient (Wildman–Crippen LogP) is 1.00. The number of tetrazole rings is 1. The number of rotatable bonds is 2. The first-order valence-corrected chi connectivity index (χ1v) is 4.20. The minimum Gasteiger partial charge on any atom is -0.207 e. The minimum absolute atomic E-state index is 0.0301. The van der Waals surface area contributed by atoms with E-state index < -0.39 is 0 Å². The molecule has 0 fully saturated rings. The fraction of sp³-hybridized carbons (Fsp3) is 0.111. The Morgan fingerprint density at radius 2 is 2.33 bits per heavy atom. The van der Waals surface area contributed by atoms with Gasteiger partial charge in [0.1, 0.15) is 12.4 Å². The van der Waals surface area contributed by atoms with E-state index in [4.69, 9.17) is 5.26 Å². The SMILES string of the molecule is N#CCn1nnc(-c2cccc(F)c2)n1. The van der Waals surface area contributed by atoms with Gasteiger partial charge in [-0.25, -0.2) is 4.39 Å². The molecule has 1 aromatic carbocycles. The molecule has 0 amide bonds. The number of nitriles is 1. The van der Waals surface area contributed by atoms with Gasteiger partial charge in [0, 0.05) is 5.56 Å². The maximum Gasteiger partial charge on any atom is 0.205 e. The number of nitrogens with zero attached hydrogens (tertiary/aromatic N) is 5. The Labute approximate surface area is 84.8 Å². The fourth-order valence-electron chi connectivity index (χ4n) is 1.12. The molecule has 0 bridgehead atoms. The van der Waals surface area contributed by atoms with Crippen LogP contribution in [-0.4, -0.2) is 20.2 Å². The molecule has 5 nitrogen and oxygen atoms in total. The van der Waals surface area contributed by atoms with Gasteiger partial charge in [-0.2, -0.15) is 5.26 Å². The van der Waals surface area contributed by atoms with Gasteiger partial charge in [0.2, 0.25) is 5.82 Å². The van der Waals surface area contributed by atoms with Crippen molar-refractivity contribution >= 4 is 0 Å². The van der Waals surface area contributed by atoms with Crippen molar-refractivity contribution in [1.29, 1.82) is 5.26 Å². The lowest BCUT2D eigenvalue weighted by molar-refractivity contribution is 0.588. The van der Waals surface area contributed by atoms with E-state index in [-0.39, 0.29) is 12.4 Å². The summed E-state index contributed by atoms with van der Waals surface area (Å²) in [7, 11) is 0. The Morgan fingerprint density at radius 1 is 1.47 bits per heavy atom. The second-order valence-electron chi connectivity index (χ2n) is 2.81. The van der Waals surface area contributed by atoms with Gasteiger partial charge in [0.05, 0.1) is 6.07 Å². The number of benzene rings is 1. The molecular weight excluding hydrogens is 197 g/mol. The topological polar surface area (TPSA) is 67.4 Å². The van der Waals surface area contributed by atoms with Crippen LogP contribution in [-0.2, 0) is 6.54 Å². The van der Waals surface area contributed by atoms with Gasteiger partial charge >= 0.3 is 0 Å². The summed E-state index contributed by atoms with van der Waals surface area (Å²) in [5, 5.41) is 19.7. The molecule has 0 aliphatic rings. The molecule has 6 heteroatoms. The average molecular weight is 203 g/mol. The molecule has 1 heterocycles. The van der Waals surface area contributed by atoms with E-state index in [0.717, 1.165) is 4.80 Å². The molecule has 0 saturated carbocycles. The van der Waals surface area contributed by atoms with Crippen LogP contribution in [0, 0.1) is 17.1 Å². The summed E-state index contributed by atoms with van der Waals surface area (Å²) in [5.74, 6) is -0.0473. The van der Waals surface area contributed by atoms with Crippen LogP contribution in [0.3, 0.4) is 0 Å². The van der Waals surface area contributed by atoms with Crippen LogP contribution in [0.4, 0.5) is 4.39 Å². The number of halogens is 1. The molecule has 0 radical (unpaired) electrons. The highest BCUT2D eigenvalue weighted by molar-refractivity contribution is 5.53. The minimum atomic E-state index is -0.357. The average Bonchev–Trinajstić information content (AvgIpc) is 2.67. The van der Waals surface area contributed by atoms with Crippen molar-refractivity contribution in [3.63, 3.8) is 0 Å². The van der Waals surface area contributed by atoms with Crippen LogP contribution in [0.1, 0.15) is 0 Å². The summed E-state index contributed by atoms with van der Waals surface area (Å²) in [6, 6.07) is 7.78. The van der Waals surface area contributed by atoms with Gasteiger partial charge in [-0.05, 0) is 17.3 Å². The molecular formula is C9H6FN5. The molecule has 0 N–H and O–H groups in total. The predicted molar refractivity (Wildman–Crippen MR) is 48.8 cm³/mol. The molecule has 2 rings (SSSR count). The molecule has 0 spiro atoms. The summed E-state index contributed by atoms with van der Waals surface area (Å²) in [6.45, 7) is 0.0301. The summed E-state index contributed by atoms with van der Waals surface area (Å²) < 4.78 is 12.9. The quantitative estimate of drug-likeness (QED) is 0.730. The first-order valence-electron chi connectivity index (χ1n) is 4.20. The highest BCUT2D eigenvalue weighted by Gasteiger charge is 2.05. The van der Waals surface area contributed by atoms with Crippen molar-refractivity contribution in [1.82, 2.24) is 20.2 Å². The zero-order chi connectivity index (χ0) is 10.7. The molecule has 1 aromatic heterocycles. The van der Waals surface area contributed by atoms with Crippen LogP contribution in [0.5, 0.6) is 0 Å². The van der Waals surface area contributed by atoms with Gasteiger partial charge in [-0.15, -0.1) is 15.0 Å². The maximum atomic E-state index is 12.9. The van der Waals surface area contributed by atoms with Gasteiger partial charge in [0.15, 0.2) is 0 Å². The molecule has 2 aromatic rings. The Bertz CT molecular complexity index is 513. The second kappa shape index (κ2) is 3.84. The van der Waals surface area contributed by atoms with E-state index in [2.05, 4.69) is 15.4 Å². The summed E-state index contributed by atoms with van der Waals surface area (Å²) in [6.07, 6.45) is 0. The molecule has 0 unspecified atom stereocenters. The largest absolute Gasteiger partial charge is 0.207 e. The Balaban J connectivity index is 2.34. The second-order valence-corrected chi connectivity index (χ2v) is 2.81. The van der Waals surface area contributed by atoms with E-state index >= 15 is 0 Å². The van der Waals surface area contributed by atoms with Gasteiger partial charge < -0.3 is 0 Å². The lowest BCUT2D eigenvalue weighted by Crippen LogP contribution is -1.99. The number of hydrogen-bond donors (Lipinski definition) is 0. The standard InChI is InChI=1S/C9H6FN5/c10-8-3-1-2-7(6-8)9-12-14-15(13-9)5-4-11/h1-3,6H,5H2. The Morgan fingerprint density at radius 3 is 3.07 bits per heavy atom. The molecule has 0 saturated heterocycles. The van der Waals surface area contributed by atoms with Crippen LogP contribution in [0.2, 0.25) is 0 Å². The normalized spacial score (nSPS) is 9.87. The molecule has 15 heavy (non-hydrogen) atoms. The van der Waals surface area contributed by atoms with Crippen molar-refractivity contribution in [2.24, 2.45) is 0 Å². The number of hydrogen-bond acceptors (Lipinski definition) is 4. The van der Waals surface area contributed by atoms with Crippen molar-refractivity contribution < 1.29 is 4.39 Å². The highest BCUT2D eigenvalue weighted by atomic mass is 19.1. The van der Waals surface area contributed by atoms with E-state index in [9.17, 15) is 4.39 Å². The van der Waals surface area contributed by atoms with Crippen LogP contribution in [0.15, 0.2) is 24.3 Å². The van der Waals surface area contributed by atoms with Crippen LogP contribution < -0.4 is 0 Å². The zero-order valence-corrected chi connectivity index (χ0v) is 7.63. The smallest absolute Gasteiger partial charge is 0.205 e. The lowest BCUT2D eigenvalue weighted by atomic mass is 10.2. The third-order valence-electron chi connectivity index (χ3n) is 1.75. The lowest BCUT2D eigenvalue weighted by Gasteiger charge is -1.93. The van der Waals surface area contributed by atoms with E-state index in [0.29, 0.717) is 11.4 Å². The Kier molecular flexibility index (Phi) is 2.37. The fourth-order valence-corrected chi connectivity index (χ4v) is 1.12.